The molecule has 26 heavy (non-hydrogen) atoms. The molecule has 0 aromatic carbocycles. The molecule has 3 heterocycles. The lowest BCUT2D eigenvalue weighted by molar-refractivity contribution is -0.126. The highest BCUT2D eigenvalue weighted by atomic mass is 32.1. The summed E-state index contributed by atoms with van der Waals surface area (Å²) in [4.78, 5) is 31.0. The molecule has 2 N–H and O–H groups in total. The lowest BCUT2D eigenvalue weighted by Crippen LogP contribution is -2.43. The third-order valence-electron chi connectivity index (χ3n) is 4.65. The lowest BCUT2D eigenvalue weighted by Gasteiger charge is -2.31. The van der Waals surface area contributed by atoms with Crippen molar-refractivity contribution >= 4 is 28.3 Å². The number of pyridine rings is 1. The summed E-state index contributed by atoms with van der Waals surface area (Å²) >= 11 is 1.30. The molecule has 8 heteroatoms. The van der Waals surface area contributed by atoms with Gasteiger partial charge in [0.15, 0.2) is 0 Å². The van der Waals surface area contributed by atoms with Gasteiger partial charge in [-0.15, -0.1) is 0 Å². The number of rotatable bonds is 5. The van der Waals surface area contributed by atoms with E-state index >= 15 is 0 Å². The van der Waals surface area contributed by atoms with Gasteiger partial charge in [0.1, 0.15) is 5.00 Å². The zero-order valence-electron chi connectivity index (χ0n) is 15.0. The number of hydrogen-bond donors (Lipinski definition) is 2. The Labute approximate surface area is 157 Å². The molecule has 1 aliphatic heterocycles. The van der Waals surface area contributed by atoms with Crippen molar-refractivity contribution < 1.29 is 9.59 Å². The maximum atomic E-state index is 12.8. The molecule has 0 unspecified atom stereocenters. The molecule has 1 aliphatic rings. The maximum Gasteiger partial charge on any atom is 0.258 e. The zero-order valence-corrected chi connectivity index (χ0v) is 15.8. The van der Waals surface area contributed by atoms with Crippen LogP contribution in [0.5, 0.6) is 0 Å². The van der Waals surface area contributed by atoms with E-state index in [1.807, 2.05) is 24.0 Å². The lowest BCUT2D eigenvalue weighted by atomic mass is 9.95. The average molecular weight is 373 g/mol. The van der Waals surface area contributed by atoms with Crippen LogP contribution in [0.15, 0.2) is 24.5 Å². The smallest absolute Gasteiger partial charge is 0.258 e. The fraction of sp³-hybridized carbons (Fsp3) is 0.444. The van der Waals surface area contributed by atoms with Crippen LogP contribution in [-0.4, -0.2) is 46.2 Å². The highest BCUT2D eigenvalue weighted by molar-refractivity contribution is 7.10. The highest BCUT2D eigenvalue weighted by Crippen LogP contribution is 2.27. The van der Waals surface area contributed by atoms with Crippen molar-refractivity contribution in [3.63, 3.8) is 0 Å². The molecule has 0 bridgehead atoms. The van der Waals surface area contributed by atoms with Crippen molar-refractivity contribution in [1.82, 2.24) is 19.6 Å². The van der Waals surface area contributed by atoms with E-state index in [4.69, 9.17) is 0 Å². The molecule has 2 aromatic rings. The summed E-state index contributed by atoms with van der Waals surface area (Å²) in [6, 6.07) is 3.79. The van der Waals surface area contributed by atoms with E-state index in [9.17, 15) is 9.59 Å². The van der Waals surface area contributed by atoms with E-state index < -0.39 is 0 Å². The molecule has 1 saturated heterocycles. The molecular formula is C18H23N5O2S. The van der Waals surface area contributed by atoms with Gasteiger partial charge in [0.05, 0.1) is 11.3 Å². The van der Waals surface area contributed by atoms with Crippen LogP contribution in [0.4, 0.5) is 5.00 Å². The molecule has 0 radical (unpaired) electrons. The van der Waals surface area contributed by atoms with Gasteiger partial charge in [0.25, 0.3) is 5.91 Å². The van der Waals surface area contributed by atoms with Gasteiger partial charge in [-0.2, -0.15) is 4.37 Å². The minimum atomic E-state index is -0.0545. The van der Waals surface area contributed by atoms with Crippen molar-refractivity contribution in [3.05, 3.63) is 41.3 Å². The summed E-state index contributed by atoms with van der Waals surface area (Å²) in [6.45, 7) is 3.50. The van der Waals surface area contributed by atoms with Crippen molar-refractivity contribution in [2.45, 2.75) is 26.3 Å². The number of nitrogens with zero attached hydrogens (tertiary/aromatic N) is 3. The predicted molar refractivity (Wildman–Crippen MR) is 101 cm³/mol. The first-order chi connectivity index (χ1) is 12.6. The summed E-state index contributed by atoms with van der Waals surface area (Å²) in [6.07, 6.45) is 4.81. The maximum absolute atomic E-state index is 12.8. The molecule has 1 fully saturated rings. The van der Waals surface area contributed by atoms with Gasteiger partial charge in [-0.3, -0.25) is 14.6 Å². The van der Waals surface area contributed by atoms with Gasteiger partial charge in [0.2, 0.25) is 5.91 Å². The number of aromatic nitrogens is 2. The SMILES string of the molecule is CNc1snc(C)c1C(=O)N1CCC(C(=O)NCc2cccnc2)CC1. The Bertz CT molecular complexity index is 769. The number of aryl methyl sites for hydroxylation is 1. The van der Waals surface area contributed by atoms with Crippen LogP contribution in [0.3, 0.4) is 0 Å². The molecular weight excluding hydrogens is 350 g/mol. The van der Waals surface area contributed by atoms with E-state index in [0.717, 1.165) is 16.3 Å². The summed E-state index contributed by atoms with van der Waals surface area (Å²) in [5.41, 5.74) is 2.38. The Kier molecular flexibility index (Phi) is 5.82. The van der Waals surface area contributed by atoms with Crippen LogP contribution in [0.2, 0.25) is 0 Å². The van der Waals surface area contributed by atoms with Crippen LogP contribution in [0, 0.1) is 12.8 Å². The summed E-state index contributed by atoms with van der Waals surface area (Å²) in [5, 5.41) is 6.80. The van der Waals surface area contributed by atoms with Crippen molar-refractivity contribution in [3.8, 4) is 0 Å². The number of nitrogens with one attached hydrogen (secondary N) is 2. The van der Waals surface area contributed by atoms with E-state index in [2.05, 4.69) is 20.0 Å². The van der Waals surface area contributed by atoms with Crippen molar-refractivity contribution in [2.75, 3.05) is 25.5 Å². The molecule has 138 valence electrons. The topological polar surface area (TPSA) is 87.2 Å². The van der Waals surface area contributed by atoms with Gasteiger partial charge < -0.3 is 15.5 Å². The fourth-order valence-electron chi connectivity index (χ4n) is 3.13. The Balaban J connectivity index is 1.53. The van der Waals surface area contributed by atoms with Gasteiger partial charge in [-0.05, 0) is 42.9 Å². The van der Waals surface area contributed by atoms with Gasteiger partial charge in [0, 0.05) is 45.0 Å². The standard InChI is InChI=1S/C18H23N5O2S/c1-12-15(17(19-2)26-22-12)18(25)23-8-5-14(6-9-23)16(24)21-11-13-4-3-7-20-10-13/h3-4,7,10,14,19H,5-6,8-9,11H2,1-2H3,(H,21,24). The van der Waals surface area contributed by atoms with Crippen molar-refractivity contribution in [2.24, 2.45) is 5.92 Å². The summed E-state index contributed by atoms with van der Waals surface area (Å²) < 4.78 is 4.26. The highest BCUT2D eigenvalue weighted by Gasteiger charge is 2.30. The first kappa shape index (κ1) is 18.3. The normalized spacial score (nSPS) is 14.9. The minimum Gasteiger partial charge on any atom is -0.378 e. The Hall–Kier alpha value is -2.48. The second-order valence-corrected chi connectivity index (χ2v) is 7.14. The molecule has 3 rings (SSSR count). The Morgan fingerprint density at radius 2 is 2.12 bits per heavy atom. The van der Waals surface area contributed by atoms with E-state index in [-0.39, 0.29) is 17.7 Å². The fourth-order valence-corrected chi connectivity index (χ4v) is 3.87. The molecule has 0 saturated carbocycles. The number of carbonyl (C=O) groups excluding carboxylic acids is 2. The van der Waals surface area contributed by atoms with Crippen LogP contribution in [0.1, 0.15) is 34.5 Å². The first-order valence-corrected chi connectivity index (χ1v) is 9.47. The first-order valence-electron chi connectivity index (χ1n) is 8.70. The van der Waals surface area contributed by atoms with Gasteiger partial charge in [-0.1, -0.05) is 6.07 Å². The predicted octanol–water partition coefficient (Wildman–Crippen LogP) is 2.06. The van der Waals surface area contributed by atoms with Gasteiger partial charge >= 0.3 is 0 Å². The van der Waals surface area contributed by atoms with Crippen molar-refractivity contribution in [1.29, 1.82) is 0 Å². The zero-order chi connectivity index (χ0) is 18.5. The number of carbonyl (C=O) groups is 2. The third kappa shape index (κ3) is 4.01. The molecule has 0 aliphatic carbocycles. The quantitative estimate of drug-likeness (QED) is 0.838. The number of likely N-dealkylation sites (tertiary alicyclic amines) is 1. The number of anilines is 1. The Morgan fingerprint density at radius 1 is 1.35 bits per heavy atom. The number of hydrogen-bond acceptors (Lipinski definition) is 6. The average Bonchev–Trinajstić information content (AvgIpc) is 3.07. The molecule has 2 amide bonds. The number of piperidine rings is 1. The molecule has 0 atom stereocenters. The van der Waals surface area contributed by atoms with Gasteiger partial charge in [-0.25, -0.2) is 0 Å². The van der Waals surface area contributed by atoms with Crippen LogP contribution < -0.4 is 10.6 Å². The van der Waals surface area contributed by atoms with Crippen LogP contribution >= 0.6 is 11.5 Å². The van der Waals surface area contributed by atoms with E-state index in [1.165, 1.54) is 11.5 Å². The summed E-state index contributed by atoms with van der Waals surface area (Å²) in [5.74, 6) is -0.0127. The van der Waals surface area contributed by atoms with Crippen LogP contribution in [0.25, 0.3) is 0 Å². The third-order valence-corrected chi connectivity index (χ3v) is 5.60. The molecule has 7 nitrogen and oxygen atoms in total. The summed E-state index contributed by atoms with van der Waals surface area (Å²) in [7, 11) is 1.79. The Morgan fingerprint density at radius 3 is 2.77 bits per heavy atom. The monoisotopic (exact) mass is 373 g/mol. The largest absolute Gasteiger partial charge is 0.378 e. The number of amides is 2. The van der Waals surface area contributed by atoms with E-state index in [0.29, 0.717) is 38.0 Å². The van der Waals surface area contributed by atoms with E-state index in [1.54, 1.807) is 19.4 Å². The van der Waals surface area contributed by atoms with Crippen LogP contribution in [-0.2, 0) is 11.3 Å². The minimum absolute atomic E-state index is 0.00480. The molecule has 2 aromatic heterocycles. The molecule has 0 spiro atoms. The second-order valence-electron chi connectivity index (χ2n) is 6.37. The second kappa shape index (κ2) is 8.27.